The number of nitrogens with zero attached hydrogens (tertiary/aromatic N) is 1. The highest BCUT2D eigenvalue weighted by Crippen LogP contribution is 2.30. The first kappa shape index (κ1) is 13.7. The van der Waals surface area contributed by atoms with Gasteiger partial charge in [-0.2, -0.15) is 0 Å². The van der Waals surface area contributed by atoms with Crippen LogP contribution in [0.1, 0.15) is 0 Å². The minimum absolute atomic E-state index is 0.325. The van der Waals surface area contributed by atoms with Gasteiger partial charge in [0.25, 0.3) is 0 Å². The predicted molar refractivity (Wildman–Crippen MR) is 81.8 cm³/mol. The fraction of sp³-hybridized carbons (Fsp3) is 0.0625. The van der Waals surface area contributed by atoms with Crippen LogP contribution in [0.5, 0.6) is 0 Å². The molecule has 0 aliphatic carbocycles. The number of rotatable bonds is 3. The van der Waals surface area contributed by atoms with Crippen LogP contribution in [0.25, 0.3) is 22.5 Å². The maximum Gasteiger partial charge on any atom is 0.197 e. The fourth-order valence-electron chi connectivity index (χ4n) is 2.15. The second-order valence-electron chi connectivity index (χ2n) is 4.60. The van der Waals surface area contributed by atoms with Crippen LogP contribution in [0.4, 0.5) is 4.39 Å². The van der Waals surface area contributed by atoms with Gasteiger partial charge in [-0.1, -0.05) is 42.5 Å². The number of nitrogens with one attached hydrogen (secondary N) is 1. The van der Waals surface area contributed by atoms with Crippen LogP contribution in [0.2, 0.25) is 0 Å². The highest BCUT2D eigenvalue weighted by molar-refractivity contribution is 7.84. The summed E-state index contributed by atoms with van der Waals surface area (Å²) < 4.78 is 25.1. The number of aromatic amines is 1. The van der Waals surface area contributed by atoms with E-state index in [0.29, 0.717) is 16.4 Å². The van der Waals surface area contributed by atoms with E-state index in [2.05, 4.69) is 9.97 Å². The van der Waals surface area contributed by atoms with Gasteiger partial charge in [-0.05, 0) is 12.1 Å². The first-order valence-corrected chi connectivity index (χ1v) is 7.96. The van der Waals surface area contributed by atoms with Crippen molar-refractivity contribution < 1.29 is 8.60 Å². The Morgan fingerprint density at radius 3 is 2.43 bits per heavy atom. The van der Waals surface area contributed by atoms with E-state index in [0.717, 1.165) is 11.3 Å². The zero-order valence-electron chi connectivity index (χ0n) is 11.3. The molecule has 1 aromatic heterocycles. The second kappa shape index (κ2) is 5.61. The Bertz CT molecular complexity index is 799. The van der Waals surface area contributed by atoms with Crippen LogP contribution in [0.3, 0.4) is 0 Å². The summed E-state index contributed by atoms with van der Waals surface area (Å²) in [6, 6.07) is 15.8. The molecular weight excluding hydrogens is 287 g/mol. The average molecular weight is 300 g/mol. The van der Waals surface area contributed by atoms with E-state index in [-0.39, 0.29) is 5.82 Å². The molecule has 1 unspecified atom stereocenters. The molecule has 3 aromatic rings. The van der Waals surface area contributed by atoms with E-state index in [4.69, 9.17) is 0 Å². The van der Waals surface area contributed by atoms with Gasteiger partial charge in [0.1, 0.15) is 5.82 Å². The molecule has 1 heterocycles. The van der Waals surface area contributed by atoms with Gasteiger partial charge in [-0.15, -0.1) is 0 Å². The normalized spacial score (nSPS) is 12.3. The van der Waals surface area contributed by atoms with Crippen molar-refractivity contribution in [3.05, 3.63) is 60.4 Å². The number of aromatic nitrogens is 2. The van der Waals surface area contributed by atoms with Crippen molar-refractivity contribution in [2.24, 2.45) is 0 Å². The zero-order valence-corrected chi connectivity index (χ0v) is 12.2. The van der Waals surface area contributed by atoms with Gasteiger partial charge < -0.3 is 4.98 Å². The summed E-state index contributed by atoms with van der Waals surface area (Å²) in [7, 11) is -1.23. The van der Waals surface area contributed by atoms with Gasteiger partial charge in [-0.3, -0.25) is 4.21 Å². The third-order valence-corrected chi connectivity index (χ3v) is 3.85. The predicted octanol–water partition coefficient (Wildman–Crippen LogP) is 3.62. The molecule has 0 aliphatic heterocycles. The van der Waals surface area contributed by atoms with Crippen molar-refractivity contribution in [1.82, 2.24) is 9.97 Å². The molecule has 0 bridgehead atoms. The van der Waals surface area contributed by atoms with Crippen molar-refractivity contribution in [2.75, 3.05) is 6.26 Å². The lowest BCUT2D eigenvalue weighted by molar-refractivity contribution is 0.628. The standard InChI is InChI=1S/C16H13FN2OS/c1-21(20)16-18-14(11-6-3-2-4-7-11)15(19-16)12-8-5-9-13(17)10-12/h2-10H,1H3,(H,18,19). The van der Waals surface area contributed by atoms with Gasteiger partial charge in [0.05, 0.1) is 22.2 Å². The summed E-state index contributed by atoms with van der Waals surface area (Å²) in [6.45, 7) is 0. The van der Waals surface area contributed by atoms with Crippen LogP contribution in [0.15, 0.2) is 59.8 Å². The quantitative estimate of drug-likeness (QED) is 0.803. The topological polar surface area (TPSA) is 45.8 Å². The van der Waals surface area contributed by atoms with E-state index in [1.165, 1.54) is 12.1 Å². The zero-order chi connectivity index (χ0) is 14.8. The molecule has 1 N–H and O–H groups in total. The number of H-pyrrole nitrogens is 1. The highest BCUT2D eigenvalue weighted by Gasteiger charge is 2.16. The Morgan fingerprint density at radius 1 is 1.05 bits per heavy atom. The monoisotopic (exact) mass is 300 g/mol. The van der Waals surface area contributed by atoms with Crippen LogP contribution < -0.4 is 0 Å². The summed E-state index contributed by atoms with van der Waals surface area (Å²) in [5.41, 5.74) is 2.92. The Hall–Kier alpha value is -2.27. The maximum atomic E-state index is 13.5. The number of benzene rings is 2. The fourth-order valence-corrected chi connectivity index (χ4v) is 2.61. The summed E-state index contributed by atoms with van der Waals surface area (Å²) in [5.74, 6) is -0.325. The minimum atomic E-state index is -1.23. The van der Waals surface area contributed by atoms with Crippen LogP contribution in [-0.2, 0) is 10.8 Å². The molecule has 0 fully saturated rings. The maximum absolute atomic E-state index is 13.5. The molecule has 1 atom stereocenters. The molecule has 0 saturated carbocycles. The molecule has 3 nitrogen and oxygen atoms in total. The van der Waals surface area contributed by atoms with Crippen molar-refractivity contribution in [3.8, 4) is 22.5 Å². The Balaban J connectivity index is 2.21. The molecule has 106 valence electrons. The largest absolute Gasteiger partial charge is 0.330 e. The summed E-state index contributed by atoms with van der Waals surface area (Å²) in [6.07, 6.45) is 1.56. The van der Waals surface area contributed by atoms with Crippen molar-refractivity contribution >= 4 is 10.8 Å². The third kappa shape index (κ3) is 2.78. The number of hydrogen-bond donors (Lipinski definition) is 1. The van der Waals surface area contributed by atoms with Gasteiger partial charge >= 0.3 is 0 Å². The Kier molecular flexibility index (Phi) is 3.66. The number of halogens is 1. The number of imidazole rings is 1. The molecule has 0 amide bonds. The van der Waals surface area contributed by atoms with Gasteiger partial charge in [-0.25, -0.2) is 9.37 Å². The lowest BCUT2D eigenvalue weighted by Gasteiger charge is -2.03. The number of hydrogen-bond acceptors (Lipinski definition) is 2. The lowest BCUT2D eigenvalue weighted by atomic mass is 10.1. The van der Waals surface area contributed by atoms with Crippen molar-refractivity contribution in [2.45, 2.75) is 5.16 Å². The molecular formula is C16H13FN2OS. The molecule has 0 radical (unpaired) electrons. The van der Waals surface area contributed by atoms with Crippen LogP contribution in [0, 0.1) is 5.82 Å². The van der Waals surface area contributed by atoms with Crippen LogP contribution in [-0.4, -0.2) is 20.4 Å². The van der Waals surface area contributed by atoms with E-state index >= 15 is 0 Å². The molecule has 2 aromatic carbocycles. The third-order valence-electron chi connectivity index (χ3n) is 3.11. The summed E-state index contributed by atoms with van der Waals surface area (Å²) >= 11 is 0. The Labute approximate surface area is 124 Å². The lowest BCUT2D eigenvalue weighted by Crippen LogP contribution is -1.89. The first-order chi connectivity index (χ1) is 10.1. The van der Waals surface area contributed by atoms with Crippen molar-refractivity contribution in [1.29, 1.82) is 0 Å². The van der Waals surface area contributed by atoms with Crippen molar-refractivity contribution in [3.63, 3.8) is 0 Å². The van der Waals surface area contributed by atoms with Crippen LogP contribution >= 0.6 is 0 Å². The summed E-state index contributed by atoms with van der Waals surface area (Å²) in [4.78, 5) is 7.46. The molecule has 21 heavy (non-hydrogen) atoms. The molecule has 0 saturated heterocycles. The Morgan fingerprint density at radius 2 is 1.76 bits per heavy atom. The minimum Gasteiger partial charge on any atom is -0.330 e. The van der Waals surface area contributed by atoms with Gasteiger partial charge in [0.2, 0.25) is 0 Å². The first-order valence-electron chi connectivity index (χ1n) is 6.40. The van der Waals surface area contributed by atoms with E-state index in [1.807, 2.05) is 30.3 Å². The van der Waals surface area contributed by atoms with E-state index in [9.17, 15) is 8.60 Å². The highest BCUT2D eigenvalue weighted by atomic mass is 32.2. The molecule has 0 spiro atoms. The second-order valence-corrected chi connectivity index (χ2v) is 5.89. The average Bonchev–Trinajstić information content (AvgIpc) is 2.93. The molecule has 5 heteroatoms. The van der Waals surface area contributed by atoms with E-state index < -0.39 is 10.8 Å². The molecule has 3 rings (SSSR count). The van der Waals surface area contributed by atoms with Gasteiger partial charge in [0.15, 0.2) is 5.16 Å². The van der Waals surface area contributed by atoms with E-state index in [1.54, 1.807) is 18.4 Å². The smallest absolute Gasteiger partial charge is 0.197 e. The molecule has 0 aliphatic rings. The summed E-state index contributed by atoms with van der Waals surface area (Å²) in [5, 5.41) is 0.383. The van der Waals surface area contributed by atoms with Gasteiger partial charge in [0, 0.05) is 17.4 Å². The SMILES string of the molecule is CS(=O)c1nc(-c2cccc(F)c2)c(-c2ccccc2)[nH]1.